The van der Waals surface area contributed by atoms with Gasteiger partial charge in [0.05, 0.1) is 37.2 Å². The number of nitrogens with zero attached hydrogens (tertiary/aromatic N) is 3. The number of likely N-dealkylation sites (tertiary alicyclic amines) is 1. The van der Waals surface area contributed by atoms with E-state index in [1.165, 1.54) is 9.79 Å². The average Bonchev–Trinajstić information content (AvgIpc) is 3.36. The van der Waals surface area contributed by atoms with Gasteiger partial charge in [0.15, 0.2) is 0 Å². The van der Waals surface area contributed by atoms with Crippen molar-refractivity contribution in [3.05, 3.63) is 78.4 Å². The van der Waals surface area contributed by atoms with Crippen LogP contribution in [0.25, 0.3) is 0 Å². The van der Waals surface area contributed by atoms with Gasteiger partial charge in [-0.25, -0.2) is 0 Å². The summed E-state index contributed by atoms with van der Waals surface area (Å²) in [7, 11) is 0. The topological polar surface area (TPSA) is 76.5 Å². The van der Waals surface area contributed by atoms with E-state index >= 15 is 0 Å². The molecule has 2 heterocycles. The highest BCUT2D eigenvalue weighted by Crippen LogP contribution is 2.47. The van der Waals surface area contributed by atoms with E-state index in [1.54, 1.807) is 11.8 Å². The Kier molecular flexibility index (Phi) is 9.42. The quantitative estimate of drug-likeness (QED) is 0.305. The van der Waals surface area contributed by atoms with Crippen molar-refractivity contribution in [2.75, 3.05) is 50.8 Å². The van der Waals surface area contributed by atoms with Gasteiger partial charge in [0.25, 0.3) is 0 Å². The van der Waals surface area contributed by atoms with Crippen LogP contribution in [-0.4, -0.2) is 78.0 Å². The first kappa shape index (κ1) is 27.5. The number of anilines is 2. The molecule has 1 fully saturated rings. The molecule has 0 aliphatic carbocycles. The number of hydrogen-bond donors (Lipinski definition) is 2. The van der Waals surface area contributed by atoms with Gasteiger partial charge in [-0.15, -0.1) is 0 Å². The van der Waals surface area contributed by atoms with Crippen LogP contribution in [0.5, 0.6) is 5.75 Å². The van der Waals surface area contributed by atoms with Crippen molar-refractivity contribution in [2.45, 2.75) is 41.7 Å². The zero-order valence-corrected chi connectivity index (χ0v) is 23.1. The largest absolute Gasteiger partial charge is 0.494 e. The number of carbonyl (C=O) groups is 1. The van der Waals surface area contributed by atoms with Gasteiger partial charge >= 0.3 is 0 Å². The van der Waals surface area contributed by atoms with Gasteiger partial charge in [0.1, 0.15) is 5.75 Å². The summed E-state index contributed by atoms with van der Waals surface area (Å²) in [5, 5.41) is 20.9. The van der Waals surface area contributed by atoms with Gasteiger partial charge < -0.3 is 24.7 Å². The number of para-hydroxylation sites is 2. The Morgan fingerprint density at radius 1 is 0.974 bits per heavy atom. The molecule has 7 nitrogen and oxygen atoms in total. The molecule has 0 bridgehead atoms. The van der Waals surface area contributed by atoms with Crippen LogP contribution in [0.15, 0.2) is 82.6 Å². The lowest BCUT2D eigenvalue weighted by molar-refractivity contribution is -0.127. The normalized spacial score (nSPS) is 15.4. The van der Waals surface area contributed by atoms with E-state index in [0.29, 0.717) is 39.2 Å². The Morgan fingerprint density at radius 3 is 2.31 bits per heavy atom. The van der Waals surface area contributed by atoms with Gasteiger partial charge in [-0.05, 0) is 54.8 Å². The lowest BCUT2D eigenvalue weighted by atomic mass is 10.1. The molecule has 39 heavy (non-hydrogen) atoms. The van der Waals surface area contributed by atoms with Crippen LogP contribution >= 0.6 is 11.8 Å². The minimum absolute atomic E-state index is 0.0272. The Hall–Kier alpha value is -3.04. The van der Waals surface area contributed by atoms with E-state index in [2.05, 4.69) is 34.1 Å². The summed E-state index contributed by atoms with van der Waals surface area (Å²) in [6.45, 7) is 4.24. The molecule has 2 aliphatic rings. The Bertz CT molecular complexity index is 1190. The number of rotatable bonds is 13. The molecule has 3 aromatic rings. The van der Waals surface area contributed by atoms with Crippen molar-refractivity contribution >= 4 is 29.0 Å². The SMILES string of the molecule is O=C1CCCN1CCCOc1ccc(CN(CCO)C[C@@H](O)CN2c3ccccc3Sc3ccccc32)cc1. The third kappa shape index (κ3) is 7.13. The average molecular weight is 548 g/mol. The predicted octanol–water partition coefficient (Wildman–Crippen LogP) is 4.54. The standard InChI is InChI=1S/C31H37N3O4S/c35-19-18-32(21-24-12-14-26(15-13-24)38-20-6-17-33-16-5-11-31(33)37)22-25(36)23-34-27-7-1-3-9-29(27)39-30-10-4-2-8-28(30)34/h1-4,7-10,12-15,25,35-36H,5-6,11,16-23H2/t25-/m1/s1. The Morgan fingerprint density at radius 2 is 1.67 bits per heavy atom. The molecule has 2 aliphatic heterocycles. The number of carbonyl (C=O) groups excluding carboxylic acids is 1. The molecule has 0 unspecified atom stereocenters. The number of β-amino-alcohol motifs (C(OH)–C–C–N with tert-alkyl or cyclic N) is 1. The smallest absolute Gasteiger partial charge is 0.222 e. The summed E-state index contributed by atoms with van der Waals surface area (Å²) in [5.41, 5.74) is 3.31. The molecule has 0 aromatic heterocycles. The maximum absolute atomic E-state index is 11.7. The predicted molar refractivity (Wildman–Crippen MR) is 155 cm³/mol. The van der Waals surface area contributed by atoms with Crippen LogP contribution in [0.1, 0.15) is 24.8 Å². The number of amides is 1. The molecule has 0 radical (unpaired) electrons. The van der Waals surface area contributed by atoms with Crippen molar-refractivity contribution in [1.82, 2.24) is 9.80 Å². The number of fused-ring (bicyclic) bond motifs is 2. The maximum Gasteiger partial charge on any atom is 0.222 e. The first-order chi connectivity index (χ1) is 19.1. The van der Waals surface area contributed by atoms with Crippen LogP contribution in [0.3, 0.4) is 0 Å². The first-order valence-electron chi connectivity index (χ1n) is 13.7. The maximum atomic E-state index is 11.7. The highest BCUT2D eigenvalue weighted by Gasteiger charge is 2.25. The third-order valence-corrected chi connectivity index (χ3v) is 8.28. The Labute approximate surface area is 235 Å². The molecule has 8 heteroatoms. The number of aliphatic hydroxyl groups excluding tert-OH is 2. The van der Waals surface area contributed by atoms with Crippen molar-refractivity contribution in [1.29, 1.82) is 0 Å². The van der Waals surface area contributed by atoms with Crippen molar-refractivity contribution in [3.63, 3.8) is 0 Å². The molecule has 0 saturated carbocycles. The molecule has 1 saturated heterocycles. The van der Waals surface area contributed by atoms with E-state index in [0.717, 1.165) is 48.6 Å². The van der Waals surface area contributed by atoms with E-state index in [1.807, 2.05) is 53.4 Å². The molecule has 0 spiro atoms. The molecule has 1 amide bonds. The molecular formula is C31H37N3O4S. The molecular weight excluding hydrogens is 510 g/mol. The highest BCUT2D eigenvalue weighted by atomic mass is 32.2. The van der Waals surface area contributed by atoms with E-state index < -0.39 is 6.10 Å². The summed E-state index contributed by atoms with van der Waals surface area (Å²) in [4.78, 5) is 20.3. The molecule has 1 atom stereocenters. The Balaban J connectivity index is 1.15. The van der Waals surface area contributed by atoms with E-state index in [-0.39, 0.29) is 12.5 Å². The summed E-state index contributed by atoms with van der Waals surface area (Å²) in [6.07, 6.45) is 1.85. The first-order valence-corrected chi connectivity index (χ1v) is 14.6. The highest BCUT2D eigenvalue weighted by molar-refractivity contribution is 7.99. The second-order valence-corrected chi connectivity index (χ2v) is 11.2. The monoisotopic (exact) mass is 547 g/mol. The fourth-order valence-electron chi connectivity index (χ4n) is 5.26. The lowest BCUT2D eigenvalue weighted by Crippen LogP contribution is -2.40. The molecule has 3 aromatic carbocycles. The molecule has 206 valence electrons. The fraction of sp³-hybridized carbons (Fsp3) is 0.387. The van der Waals surface area contributed by atoms with Crippen LogP contribution in [-0.2, 0) is 11.3 Å². The molecule has 5 rings (SSSR count). The number of benzene rings is 3. The van der Waals surface area contributed by atoms with Crippen LogP contribution in [0.4, 0.5) is 11.4 Å². The fourth-order valence-corrected chi connectivity index (χ4v) is 6.35. The van der Waals surface area contributed by atoms with Gasteiger partial charge in [0.2, 0.25) is 5.91 Å². The summed E-state index contributed by atoms with van der Waals surface area (Å²) >= 11 is 1.76. The van der Waals surface area contributed by atoms with Gasteiger partial charge in [-0.3, -0.25) is 9.69 Å². The third-order valence-electron chi connectivity index (χ3n) is 7.15. The second kappa shape index (κ2) is 13.3. The number of aliphatic hydroxyl groups is 2. The van der Waals surface area contributed by atoms with Crippen molar-refractivity contribution < 1.29 is 19.7 Å². The van der Waals surface area contributed by atoms with Crippen LogP contribution in [0, 0.1) is 0 Å². The second-order valence-electron chi connectivity index (χ2n) is 10.1. The zero-order chi connectivity index (χ0) is 27.0. The minimum atomic E-state index is -0.606. The zero-order valence-electron chi connectivity index (χ0n) is 22.2. The lowest BCUT2D eigenvalue weighted by Gasteiger charge is -2.35. The number of ether oxygens (including phenoxy) is 1. The summed E-state index contributed by atoms with van der Waals surface area (Å²) in [6, 6.07) is 24.6. The van der Waals surface area contributed by atoms with Crippen molar-refractivity contribution in [3.8, 4) is 5.75 Å². The summed E-state index contributed by atoms with van der Waals surface area (Å²) in [5.74, 6) is 1.06. The minimum Gasteiger partial charge on any atom is -0.494 e. The van der Waals surface area contributed by atoms with Gasteiger partial charge in [-0.2, -0.15) is 0 Å². The van der Waals surface area contributed by atoms with E-state index in [9.17, 15) is 15.0 Å². The van der Waals surface area contributed by atoms with E-state index in [4.69, 9.17) is 4.74 Å². The van der Waals surface area contributed by atoms with Crippen LogP contribution < -0.4 is 9.64 Å². The van der Waals surface area contributed by atoms with Crippen LogP contribution in [0.2, 0.25) is 0 Å². The summed E-state index contributed by atoms with van der Waals surface area (Å²) < 4.78 is 5.88. The number of hydrogen-bond acceptors (Lipinski definition) is 7. The molecule has 2 N–H and O–H groups in total. The van der Waals surface area contributed by atoms with Gasteiger partial charge in [-0.1, -0.05) is 48.2 Å². The van der Waals surface area contributed by atoms with Crippen molar-refractivity contribution in [2.24, 2.45) is 0 Å². The van der Waals surface area contributed by atoms with Gasteiger partial charge in [0, 0.05) is 48.9 Å².